The summed E-state index contributed by atoms with van der Waals surface area (Å²) in [5.74, 6) is 0. The molecule has 1 aliphatic carbocycles. The summed E-state index contributed by atoms with van der Waals surface area (Å²) in [6.07, 6.45) is 16.4. The molecule has 7 rings (SSSR count). The summed E-state index contributed by atoms with van der Waals surface area (Å²) < 4.78 is 2.50. The van der Waals surface area contributed by atoms with Crippen molar-refractivity contribution in [1.82, 2.24) is 0 Å². The molecule has 0 fully saturated rings. The number of hydrogen-bond acceptors (Lipinski definition) is 1. The van der Waals surface area contributed by atoms with E-state index in [-0.39, 0.29) is 10.8 Å². The number of rotatable bonds is 11. The molecule has 2 heterocycles. The third kappa shape index (κ3) is 7.88. The second-order valence-corrected chi connectivity index (χ2v) is 17.0. The summed E-state index contributed by atoms with van der Waals surface area (Å²) in [4.78, 5) is 2.50. The highest BCUT2D eigenvalue weighted by Gasteiger charge is 2.44. The van der Waals surface area contributed by atoms with Crippen molar-refractivity contribution in [3.05, 3.63) is 176 Å². The van der Waals surface area contributed by atoms with Crippen molar-refractivity contribution in [3.8, 4) is 0 Å². The van der Waals surface area contributed by atoms with Crippen LogP contribution in [-0.2, 0) is 23.7 Å². The summed E-state index contributed by atoms with van der Waals surface area (Å²) >= 11 is 20.4. The zero-order valence-corrected chi connectivity index (χ0v) is 33.7. The smallest absolute Gasteiger partial charge is 0.209 e. The van der Waals surface area contributed by atoms with Crippen LogP contribution in [0.5, 0.6) is 0 Å². The quantitative estimate of drug-likeness (QED) is 0.138. The first-order valence-corrected chi connectivity index (χ1v) is 20.3. The molecule has 0 saturated heterocycles. The Kier molecular flexibility index (Phi) is 11.2. The van der Waals surface area contributed by atoms with E-state index in [1.54, 1.807) is 0 Å². The lowest BCUT2D eigenvalue weighted by atomic mass is 9.81. The normalized spacial score (nSPS) is 19.2. The Bertz CT molecular complexity index is 2130. The van der Waals surface area contributed by atoms with Crippen LogP contribution in [-0.4, -0.2) is 23.4 Å². The first-order chi connectivity index (χ1) is 25.5. The van der Waals surface area contributed by atoms with E-state index < -0.39 is 0 Å². The van der Waals surface area contributed by atoms with Crippen LogP contribution in [0.2, 0.25) is 10.0 Å². The maximum Gasteiger partial charge on any atom is 0.209 e. The Morgan fingerprint density at radius 1 is 0.679 bits per heavy atom. The largest absolute Gasteiger partial charge is 0.344 e. The number of hydrogen-bond donors (Lipinski definition) is 0. The summed E-state index contributed by atoms with van der Waals surface area (Å²) in [5, 5.41) is 2.43. The third-order valence-corrected chi connectivity index (χ3v) is 12.4. The van der Waals surface area contributed by atoms with Crippen LogP contribution in [0.15, 0.2) is 143 Å². The predicted molar refractivity (Wildman–Crippen MR) is 228 cm³/mol. The molecule has 4 aromatic carbocycles. The molecule has 0 radical (unpaired) electrons. The number of nitrogens with zero attached hydrogens (tertiary/aromatic N) is 2. The molecule has 0 atom stereocenters. The first-order valence-electron chi connectivity index (χ1n) is 19.1. The van der Waals surface area contributed by atoms with E-state index in [1.807, 2.05) is 12.1 Å². The van der Waals surface area contributed by atoms with Gasteiger partial charge in [0.1, 0.15) is 6.54 Å². The molecule has 0 spiro atoms. The Labute approximate surface area is 331 Å². The highest BCUT2D eigenvalue weighted by Crippen LogP contribution is 2.49. The average Bonchev–Trinajstić information content (AvgIpc) is 3.48. The van der Waals surface area contributed by atoms with Gasteiger partial charge in [0, 0.05) is 62.5 Å². The molecule has 0 unspecified atom stereocenters. The molecule has 5 heteroatoms. The monoisotopic (exact) mass is 759 g/mol. The van der Waals surface area contributed by atoms with Crippen LogP contribution in [0.1, 0.15) is 82.1 Å². The van der Waals surface area contributed by atoms with Crippen molar-refractivity contribution >= 4 is 51.9 Å². The van der Waals surface area contributed by atoms with Gasteiger partial charge in [-0.05, 0) is 117 Å². The molecule has 272 valence electrons. The summed E-state index contributed by atoms with van der Waals surface area (Å²) in [7, 11) is 0. The van der Waals surface area contributed by atoms with Crippen molar-refractivity contribution in [2.75, 3.05) is 18.0 Å². The Balaban J connectivity index is 1.18. The van der Waals surface area contributed by atoms with Crippen molar-refractivity contribution in [1.29, 1.82) is 0 Å². The van der Waals surface area contributed by atoms with E-state index in [4.69, 9.17) is 34.8 Å². The molecule has 0 amide bonds. The molecule has 2 nitrogen and oxygen atoms in total. The summed E-state index contributed by atoms with van der Waals surface area (Å²) in [5.41, 5.74) is 12.4. The zero-order chi connectivity index (χ0) is 37.2. The lowest BCUT2D eigenvalue weighted by Crippen LogP contribution is -2.28. The molecule has 0 N–H and O–H groups in total. The molecule has 0 saturated carbocycles. The minimum atomic E-state index is -0.190. The Morgan fingerprint density at radius 3 is 2.02 bits per heavy atom. The van der Waals surface area contributed by atoms with Crippen molar-refractivity contribution in [3.63, 3.8) is 0 Å². The zero-order valence-electron chi connectivity index (χ0n) is 31.4. The van der Waals surface area contributed by atoms with Gasteiger partial charge in [0.05, 0.1) is 5.41 Å². The summed E-state index contributed by atoms with van der Waals surface area (Å²) in [6, 6.07) is 34.2. The lowest BCUT2D eigenvalue weighted by Gasteiger charge is -2.27. The topological polar surface area (TPSA) is 6.25 Å². The molecule has 0 aromatic heterocycles. The van der Waals surface area contributed by atoms with Gasteiger partial charge in [-0.25, -0.2) is 0 Å². The minimum absolute atomic E-state index is 0.190. The van der Waals surface area contributed by atoms with Gasteiger partial charge in [-0.2, -0.15) is 4.58 Å². The highest BCUT2D eigenvalue weighted by atomic mass is 35.5. The lowest BCUT2D eigenvalue weighted by molar-refractivity contribution is -0.438. The highest BCUT2D eigenvalue weighted by molar-refractivity contribution is 6.33. The van der Waals surface area contributed by atoms with Gasteiger partial charge >= 0.3 is 0 Å². The second-order valence-electron chi connectivity index (χ2n) is 15.7. The SMILES string of the molecule is CC1(C)C(/C=C/C2=C(Cl)C(=C/C=C3/N(CCCc4ccccc4)c4ccc(Cl)cc4C3(C)C)/CCC2)=[N+](CCCc2ccccc2)c2ccc(Cl)cc21. The van der Waals surface area contributed by atoms with Gasteiger partial charge in [-0.3, -0.25) is 0 Å². The Morgan fingerprint density at radius 2 is 1.32 bits per heavy atom. The molecular formula is C48H50Cl3N2+. The fourth-order valence-corrected chi connectivity index (χ4v) is 9.18. The van der Waals surface area contributed by atoms with E-state index in [2.05, 4.69) is 146 Å². The van der Waals surface area contributed by atoms with Gasteiger partial charge in [0.2, 0.25) is 5.69 Å². The van der Waals surface area contributed by atoms with Crippen molar-refractivity contribution in [2.24, 2.45) is 0 Å². The number of allylic oxidation sites excluding steroid dienone is 8. The first kappa shape index (κ1) is 37.5. The molecule has 3 aliphatic rings. The molecule has 4 aromatic rings. The van der Waals surface area contributed by atoms with Crippen LogP contribution in [0, 0.1) is 0 Å². The van der Waals surface area contributed by atoms with E-state index in [0.717, 1.165) is 73.1 Å². The standard InChI is InChI=1S/C48H50Cl3N2/c1-47(2)40-32-38(49)24-26-42(40)52(30-12-18-34-14-7-5-8-15-34)44(47)28-22-36-20-11-21-37(46(36)51)23-29-45-48(3,4)41-33-39(50)25-27-43(41)53(45)31-13-19-35-16-9-6-10-17-35/h5-10,14-17,22-29,32-33H,11-13,18-21,30-31H2,1-4H3/q+1. The van der Waals surface area contributed by atoms with E-state index >= 15 is 0 Å². The summed E-state index contributed by atoms with van der Waals surface area (Å²) in [6.45, 7) is 11.1. The molecule has 2 aliphatic heterocycles. The molecular weight excluding hydrogens is 711 g/mol. The Hall–Kier alpha value is -3.82. The third-order valence-electron chi connectivity index (χ3n) is 11.4. The van der Waals surface area contributed by atoms with Gasteiger partial charge in [0.25, 0.3) is 0 Å². The maximum atomic E-state index is 7.32. The van der Waals surface area contributed by atoms with Gasteiger partial charge in [-0.1, -0.05) is 121 Å². The number of anilines is 1. The number of benzene rings is 4. The fraction of sp³-hybridized carbons (Fsp3) is 0.312. The number of halogens is 3. The molecule has 53 heavy (non-hydrogen) atoms. The van der Waals surface area contributed by atoms with Crippen molar-refractivity contribution in [2.45, 2.75) is 83.5 Å². The average molecular weight is 761 g/mol. The van der Waals surface area contributed by atoms with Gasteiger partial charge < -0.3 is 4.90 Å². The van der Waals surface area contributed by atoms with Crippen LogP contribution < -0.4 is 4.90 Å². The van der Waals surface area contributed by atoms with E-state index in [0.29, 0.717) is 0 Å². The maximum absolute atomic E-state index is 7.32. The van der Waals surface area contributed by atoms with Crippen molar-refractivity contribution < 1.29 is 4.58 Å². The van der Waals surface area contributed by atoms with Crippen LogP contribution in [0.4, 0.5) is 11.4 Å². The van der Waals surface area contributed by atoms with E-state index in [9.17, 15) is 0 Å². The fourth-order valence-electron chi connectivity index (χ4n) is 8.52. The van der Waals surface area contributed by atoms with Crippen LogP contribution in [0.25, 0.3) is 0 Å². The number of fused-ring (bicyclic) bond motifs is 2. The molecule has 0 bridgehead atoms. The van der Waals surface area contributed by atoms with E-state index in [1.165, 1.54) is 56.2 Å². The van der Waals surface area contributed by atoms with Crippen LogP contribution in [0.3, 0.4) is 0 Å². The second kappa shape index (κ2) is 15.9. The van der Waals surface area contributed by atoms with Crippen LogP contribution >= 0.6 is 34.8 Å². The van der Waals surface area contributed by atoms with Gasteiger partial charge in [-0.15, -0.1) is 0 Å². The predicted octanol–water partition coefficient (Wildman–Crippen LogP) is 13.5. The minimum Gasteiger partial charge on any atom is -0.344 e. The number of aryl methyl sites for hydroxylation is 2. The van der Waals surface area contributed by atoms with Gasteiger partial charge in [0.15, 0.2) is 5.71 Å².